The second-order valence-electron chi connectivity index (χ2n) is 4.55. The van der Waals surface area contributed by atoms with Crippen molar-refractivity contribution in [2.45, 2.75) is 45.2 Å². The van der Waals surface area contributed by atoms with Gasteiger partial charge in [-0.1, -0.05) is 6.92 Å². The van der Waals surface area contributed by atoms with Gasteiger partial charge in [0, 0.05) is 12.5 Å². The van der Waals surface area contributed by atoms with Crippen LogP contribution in [0.5, 0.6) is 0 Å². The van der Waals surface area contributed by atoms with E-state index in [-0.39, 0.29) is 12.0 Å². The molecule has 0 aromatic heterocycles. The largest absolute Gasteiger partial charge is 0.343 e. The predicted molar refractivity (Wildman–Crippen MR) is 52.7 cm³/mol. The molecule has 1 heterocycles. The van der Waals surface area contributed by atoms with Crippen molar-refractivity contribution in [2.24, 2.45) is 11.7 Å². The van der Waals surface area contributed by atoms with Gasteiger partial charge in [-0.25, -0.2) is 0 Å². The topological polar surface area (TPSA) is 61.5 Å². The van der Waals surface area contributed by atoms with E-state index in [4.69, 9.17) is 15.2 Å². The molecule has 1 rings (SSSR count). The Morgan fingerprint density at radius 1 is 1.50 bits per heavy atom. The number of hydrogen-bond acceptors (Lipinski definition) is 4. The van der Waals surface area contributed by atoms with E-state index in [9.17, 15) is 4.79 Å². The smallest absolute Gasteiger partial charge is 0.164 e. The molecule has 0 aliphatic carbocycles. The first-order valence-electron chi connectivity index (χ1n) is 4.88. The lowest BCUT2D eigenvalue weighted by Gasteiger charge is -2.28. The first-order chi connectivity index (χ1) is 6.34. The molecule has 1 aliphatic rings. The SMILES string of the molecule is CC(C=O)C1OC(C)(C)OC1(C)CN. The third-order valence-corrected chi connectivity index (χ3v) is 2.59. The Morgan fingerprint density at radius 2 is 2.07 bits per heavy atom. The standard InChI is InChI=1S/C10H19NO3/c1-7(5-12)8-10(4,6-11)14-9(2,3)13-8/h5,7-8H,6,11H2,1-4H3. The Morgan fingerprint density at radius 3 is 2.50 bits per heavy atom. The number of nitrogens with two attached hydrogens (primary N) is 1. The lowest BCUT2D eigenvalue weighted by atomic mass is 9.90. The summed E-state index contributed by atoms with van der Waals surface area (Å²) in [5.74, 6) is -0.860. The molecule has 0 aromatic rings. The Bertz CT molecular complexity index is 229. The number of carbonyl (C=O) groups is 1. The summed E-state index contributed by atoms with van der Waals surface area (Å²) in [6, 6.07) is 0. The van der Waals surface area contributed by atoms with E-state index in [0.717, 1.165) is 6.29 Å². The lowest BCUT2D eigenvalue weighted by molar-refractivity contribution is -0.160. The van der Waals surface area contributed by atoms with Crippen LogP contribution in [-0.2, 0) is 14.3 Å². The van der Waals surface area contributed by atoms with E-state index in [2.05, 4.69) is 0 Å². The third-order valence-electron chi connectivity index (χ3n) is 2.59. The van der Waals surface area contributed by atoms with Gasteiger partial charge in [0.1, 0.15) is 18.0 Å². The van der Waals surface area contributed by atoms with Crippen LogP contribution < -0.4 is 5.73 Å². The number of aldehydes is 1. The normalized spacial score (nSPS) is 38.2. The number of ether oxygens (including phenoxy) is 2. The average Bonchev–Trinajstić information content (AvgIpc) is 2.36. The highest BCUT2D eigenvalue weighted by Gasteiger charge is 2.51. The summed E-state index contributed by atoms with van der Waals surface area (Å²) in [4.78, 5) is 10.7. The molecule has 0 saturated carbocycles. The van der Waals surface area contributed by atoms with Crippen molar-refractivity contribution < 1.29 is 14.3 Å². The second kappa shape index (κ2) is 3.61. The van der Waals surface area contributed by atoms with Gasteiger partial charge in [0.05, 0.1) is 0 Å². The van der Waals surface area contributed by atoms with Crippen molar-refractivity contribution in [1.82, 2.24) is 0 Å². The highest BCUT2D eigenvalue weighted by atomic mass is 16.8. The summed E-state index contributed by atoms with van der Waals surface area (Å²) in [5, 5.41) is 0. The summed E-state index contributed by atoms with van der Waals surface area (Å²) in [7, 11) is 0. The maximum atomic E-state index is 10.7. The van der Waals surface area contributed by atoms with Crippen molar-refractivity contribution in [3.05, 3.63) is 0 Å². The van der Waals surface area contributed by atoms with Crippen molar-refractivity contribution in [3.63, 3.8) is 0 Å². The Labute approximate surface area is 84.7 Å². The van der Waals surface area contributed by atoms with Crippen LogP contribution in [-0.4, -0.2) is 30.3 Å². The minimum Gasteiger partial charge on any atom is -0.343 e. The van der Waals surface area contributed by atoms with E-state index in [1.807, 2.05) is 27.7 Å². The molecule has 0 aromatic carbocycles. The van der Waals surface area contributed by atoms with Crippen LogP contribution in [0.4, 0.5) is 0 Å². The minimum absolute atomic E-state index is 0.203. The zero-order chi connectivity index (χ0) is 11.0. The van der Waals surface area contributed by atoms with Crippen LogP contribution in [0, 0.1) is 5.92 Å². The third kappa shape index (κ3) is 1.97. The molecule has 0 spiro atoms. The van der Waals surface area contributed by atoms with E-state index < -0.39 is 11.4 Å². The highest BCUT2D eigenvalue weighted by molar-refractivity contribution is 5.54. The molecule has 2 N–H and O–H groups in total. The first kappa shape index (κ1) is 11.6. The molecular formula is C10H19NO3. The Hall–Kier alpha value is -0.450. The van der Waals surface area contributed by atoms with Crippen molar-refractivity contribution in [3.8, 4) is 0 Å². The minimum atomic E-state index is -0.657. The molecule has 1 saturated heterocycles. The van der Waals surface area contributed by atoms with Gasteiger partial charge in [-0.2, -0.15) is 0 Å². The number of rotatable bonds is 3. The maximum absolute atomic E-state index is 10.7. The Balaban J connectivity index is 2.88. The molecular weight excluding hydrogens is 182 g/mol. The molecule has 1 aliphatic heterocycles. The van der Waals surface area contributed by atoms with E-state index in [1.165, 1.54) is 0 Å². The van der Waals surface area contributed by atoms with Crippen LogP contribution in [0.3, 0.4) is 0 Å². The average molecular weight is 201 g/mol. The summed E-state index contributed by atoms with van der Waals surface area (Å²) in [6.07, 6.45) is 0.614. The van der Waals surface area contributed by atoms with E-state index >= 15 is 0 Å². The van der Waals surface area contributed by atoms with Crippen molar-refractivity contribution in [2.75, 3.05) is 6.54 Å². The van der Waals surface area contributed by atoms with Gasteiger partial charge in [0.15, 0.2) is 5.79 Å². The highest BCUT2D eigenvalue weighted by Crippen LogP contribution is 2.38. The molecule has 3 unspecified atom stereocenters. The molecule has 1 fully saturated rings. The molecule has 82 valence electrons. The van der Waals surface area contributed by atoms with E-state index in [0.29, 0.717) is 6.54 Å². The van der Waals surface area contributed by atoms with E-state index in [1.54, 1.807) is 0 Å². The quantitative estimate of drug-likeness (QED) is 0.682. The summed E-state index contributed by atoms with van der Waals surface area (Å²) >= 11 is 0. The van der Waals surface area contributed by atoms with Crippen LogP contribution in [0.15, 0.2) is 0 Å². The molecule has 4 nitrogen and oxygen atoms in total. The molecule has 14 heavy (non-hydrogen) atoms. The lowest BCUT2D eigenvalue weighted by Crippen LogP contribution is -2.47. The fourth-order valence-corrected chi connectivity index (χ4v) is 1.97. The summed E-state index contributed by atoms with van der Waals surface area (Å²) in [6.45, 7) is 7.71. The summed E-state index contributed by atoms with van der Waals surface area (Å²) in [5.41, 5.74) is 5.09. The van der Waals surface area contributed by atoms with Gasteiger partial charge in [-0.15, -0.1) is 0 Å². The fourth-order valence-electron chi connectivity index (χ4n) is 1.97. The van der Waals surface area contributed by atoms with Gasteiger partial charge in [0.2, 0.25) is 0 Å². The van der Waals surface area contributed by atoms with Crippen LogP contribution in [0.25, 0.3) is 0 Å². The van der Waals surface area contributed by atoms with Gasteiger partial charge >= 0.3 is 0 Å². The number of hydrogen-bond donors (Lipinski definition) is 1. The second-order valence-corrected chi connectivity index (χ2v) is 4.55. The monoisotopic (exact) mass is 201 g/mol. The molecule has 0 radical (unpaired) electrons. The summed E-state index contributed by atoms with van der Waals surface area (Å²) < 4.78 is 11.4. The van der Waals surface area contributed by atoms with Crippen LogP contribution in [0.2, 0.25) is 0 Å². The predicted octanol–water partition coefficient (Wildman–Crippen LogP) is 0.690. The fraction of sp³-hybridized carbons (Fsp3) is 0.900. The van der Waals surface area contributed by atoms with Gasteiger partial charge < -0.3 is 20.0 Å². The van der Waals surface area contributed by atoms with Crippen LogP contribution in [0.1, 0.15) is 27.7 Å². The molecule has 3 atom stereocenters. The Kier molecular flexibility index (Phi) is 2.99. The molecule has 4 heteroatoms. The van der Waals surface area contributed by atoms with Crippen LogP contribution >= 0.6 is 0 Å². The molecule has 0 amide bonds. The number of carbonyl (C=O) groups excluding carboxylic acids is 1. The van der Waals surface area contributed by atoms with Gasteiger partial charge in [-0.05, 0) is 20.8 Å². The maximum Gasteiger partial charge on any atom is 0.164 e. The van der Waals surface area contributed by atoms with Gasteiger partial charge in [0.25, 0.3) is 0 Å². The zero-order valence-corrected chi connectivity index (χ0v) is 9.24. The van der Waals surface area contributed by atoms with Crippen molar-refractivity contribution in [1.29, 1.82) is 0 Å². The zero-order valence-electron chi connectivity index (χ0n) is 9.24. The van der Waals surface area contributed by atoms with Crippen molar-refractivity contribution >= 4 is 6.29 Å². The van der Waals surface area contributed by atoms with Gasteiger partial charge in [-0.3, -0.25) is 0 Å². The molecule has 0 bridgehead atoms. The first-order valence-corrected chi connectivity index (χ1v) is 4.88.